The topological polar surface area (TPSA) is 71.8 Å². The highest BCUT2D eigenvalue weighted by Crippen LogP contribution is 2.30. The second kappa shape index (κ2) is 7.93. The van der Waals surface area contributed by atoms with Crippen LogP contribution in [0.2, 0.25) is 0 Å². The average molecular weight is 409 g/mol. The number of halogens is 1. The lowest BCUT2D eigenvalue weighted by Gasteiger charge is -2.26. The molecule has 3 aromatic rings. The SMILES string of the molecule is O=C1NCCCCOc2ccc(F)cc2CC2CCCN2c2ccn3ncc1c3n2. The van der Waals surface area contributed by atoms with E-state index in [0.717, 1.165) is 49.4 Å². The lowest BCUT2D eigenvalue weighted by molar-refractivity contribution is 0.0953. The van der Waals surface area contributed by atoms with Crippen LogP contribution < -0.4 is 15.0 Å². The van der Waals surface area contributed by atoms with Crippen molar-refractivity contribution in [3.05, 3.63) is 53.6 Å². The first kappa shape index (κ1) is 18.8. The summed E-state index contributed by atoms with van der Waals surface area (Å²) in [5.74, 6) is 1.13. The van der Waals surface area contributed by atoms with Crippen LogP contribution in [0.3, 0.4) is 0 Å². The van der Waals surface area contributed by atoms with Gasteiger partial charge in [-0.15, -0.1) is 0 Å². The van der Waals surface area contributed by atoms with Crippen LogP contribution in [-0.2, 0) is 6.42 Å². The predicted molar refractivity (Wildman–Crippen MR) is 111 cm³/mol. The highest BCUT2D eigenvalue weighted by Gasteiger charge is 2.28. The monoisotopic (exact) mass is 409 g/mol. The van der Waals surface area contributed by atoms with Crippen molar-refractivity contribution in [1.29, 1.82) is 0 Å². The van der Waals surface area contributed by atoms with E-state index in [9.17, 15) is 9.18 Å². The maximum absolute atomic E-state index is 14.0. The molecular formula is C22H24FN5O2. The number of carbonyl (C=O) groups excluding carboxylic acids is 1. The van der Waals surface area contributed by atoms with Crippen molar-refractivity contribution >= 4 is 17.4 Å². The van der Waals surface area contributed by atoms with Gasteiger partial charge >= 0.3 is 0 Å². The van der Waals surface area contributed by atoms with Crippen molar-refractivity contribution in [2.24, 2.45) is 0 Å². The molecule has 1 unspecified atom stereocenters. The standard InChI is InChI=1S/C22H24FN5O2/c23-16-5-6-19-15(12-16)13-17-4-3-9-27(17)20-7-10-28-21(26-20)18(14-25-28)22(29)24-8-1-2-11-30-19/h5-7,10,12,14,17H,1-4,8-9,11,13H2,(H,24,29). The third-order valence-electron chi connectivity index (χ3n) is 5.86. The predicted octanol–water partition coefficient (Wildman–Crippen LogP) is 2.98. The number of carbonyl (C=O) groups is 1. The fourth-order valence-corrected chi connectivity index (χ4v) is 4.34. The van der Waals surface area contributed by atoms with Crippen molar-refractivity contribution in [3.63, 3.8) is 0 Å². The highest BCUT2D eigenvalue weighted by molar-refractivity contribution is 5.99. The van der Waals surface area contributed by atoms with Gasteiger partial charge in [0.15, 0.2) is 5.65 Å². The molecule has 2 aromatic heterocycles. The van der Waals surface area contributed by atoms with E-state index in [2.05, 4.69) is 15.3 Å². The first-order valence-electron chi connectivity index (χ1n) is 10.5. The van der Waals surface area contributed by atoms with Crippen LogP contribution in [0.15, 0.2) is 36.7 Å². The zero-order valence-electron chi connectivity index (χ0n) is 16.7. The summed E-state index contributed by atoms with van der Waals surface area (Å²) in [5.41, 5.74) is 1.92. The molecule has 7 nitrogen and oxygen atoms in total. The Labute approximate surface area is 173 Å². The molecule has 2 aliphatic heterocycles. The van der Waals surface area contributed by atoms with Gasteiger partial charge in [-0.2, -0.15) is 5.10 Å². The van der Waals surface area contributed by atoms with Gasteiger partial charge in [0.05, 0.1) is 12.8 Å². The molecule has 8 heteroatoms. The maximum Gasteiger partial charge on any atom is 0.256 e. The zero-order chi connectivity index (χ0) is 20.5. The minimum atomic E-state index is -0.248. The largest absolute Gasteiger partial charge is 0.493 e. The van der Waals surface area contributed by atoms with E-state index in [1.807, 2.05) is 12.3 Å². The van der Waals surface area contributed by atoms with Crippen molar-refractivity contribution in [1.82, 2.24) is 19.9 Å². The molecule has 1 fully saturated rings. The molecule has 0 saturated carbocycles. The summed E-state index contributed by atoms with van der Waals surface area (Å²) in [6.45, 7) is 1.94. The summed E-state index contributed by atoms with van der Waals surface area (Å²) in [6, 6.07) is 6.86. The minimum absolute atomic E-state index is 0.165. The molecule has 1 saturated heterocycles. The van der Waals surface area contributed by atoms with Crippen molar-refractivity contribution < 1.29 is 13.9 Å². The number of nitrogens with zero attached hydrogens (tertiary/aromatic N) is 4. The number of ether oxygens (including phenoxy) is 1. The number of hydrogen-bond acceptors (Lipinski definition) is 5. The molecule has 1 N–H and O–H groups in total. The Kier molecular flexibility index (Phi) is 4.98. The van der Waals surface area contributed by atoms with Crippen molar-refractivity contribution in [2.75, 3.05) is 24.6 Å². The first-order chi connectivity index (χ1) is 14.7. The van der Waals surface area contributed by atoms with Crippen LogP contribution in [0.5, 0.6) is 5.75 Å². The maximum atomic E-state index is 14.0. The molecule has 4 heterocycles. The zero-order valence-corrected chi connectivity index (χ0v) is 16.7. The van der Waals surface area contributed by atoms with Gasteiger partial charge in [-0.05, 0) is 61.9 Å². The van der Waals surface area contributed by atoms with Crippen LogP contribution in [0.4, 0.5) is 10.2 Å². The Hall–Kier alpha value is -3.16. The Balaban J connectivity index is 1.54. The molecule has 1 amide bonds. The van der Waals surface area contributed by atoms with Crippen molar-refractivity contribution in [2.45, 2.75) is 38.1 Å². The van der Waals surface area contributed by atoms with Gasteiger partial charge in [0, 0.05) is 25.3 Å². The fourth-order valence-electron chi connectivity index (χ4n) is 4.34. The van der Waals surface area contributed by atoms with Crippen LogP contribution in [-0.4, -0.2) is 46.2 Å². The molecule has 2 aliphatic rings. The van der Waals surface area contributed by atoms with E-state index in [1.165, 1.54) is 6.07 Å². The number of rotatable bonds is 0. The molecule has 156 valence electrons. The molecule has 30 heavy (non-hydrogen) atoms. The van der Waals surface area contributed by atoms with Gasteiger partial charge in [0.25, 0.3) is 5.91 Å². The second-order valence-corrected chi connectivity index (χ2v) is 7.87. The summed E-state index contributed by atoms with van der Waals surface area (Å²) in [6.07, 6.45) is 7.70. The van der Waals surface area contributed by atoms with Gasteiger partial charge in [-0.25, -0.2) is 13.9 Å². The van der Waals surface area contributed by atoms with Gasteiger partial charge in [0.2, 0.25) is 0 Å². The van der Waals surface area contributed by atoms with Crippen LogP contribution in [0.1, 0.15) is 41.6 Å². The molecule has 0 radical (unpaired) electrons. The van der Waals surface area contributed by atoms with E-state index in [0.29, 0.717) is 30.8 Å². The summed E-state index contributed by atoms with van der Waals surface area (Å²) < 4.78 is 21.6. The van der Waals surface area contributed by atoms with Crippen LogP contribution in [0.25, 0.3) is 5.65 Å². The van der Waals surface area contributed by atoms with Crippen LogP contribution >= 0.6 is 0 Å². The minimum Gasteiger partial charge on any atom is -0.493 e. The number of aromatic nitrogens is 3. The van der Waals surface area contributed by atoms with Gasteiger partial charge in [-0.3, -0.25) is 4.79 Å². The fraction of sp³-hybridized carbons (Fsp3) is 0.409. The number of benzene rings is 1. The Bertz CT molecular complexity index is 1080. The van der Waals surface area contributed by atoms with Gasteiger partial charge < -0.3 is 15.0 Å². The van der Waals surface area contributed by atoms with E-state index >= 15 is 0 Å². The Morgan fingerprint density at radius 2 is 2.13 bits per heavy atom. The Morgan fingerprint density at radius 1 is 1.20 bits per heavy atom. The van der Waals surface area contributed by atoms with Crippen molar-refractivity contribution in [3.8, 4) is 5.75 Å². The molecule has 5 rings (SSSR count). The molecule has 0 spiro atoms. The van der Waals surface area contributed by atoms with Gasteiger partial charge in [0.1, 0.15) is 22.9 Å². The number of fused-ring (bicyclic) bond motifs is 4. The number of amides is 1. The second-order valence-electron chi connectivity index (χ2n) is 7.87. The number of anilines is 1. The highest BCUT2D eigenvalue weighted by atomic mass is 19.1. The number of hydrogen-bond donors (Lipinski definition) is 1. The normalized spacial score (nSPS) is 20.0. The van der Waals surface area contributed by atoms with Crippen LogP contribution in [0, 0.1) is 5.82 Å². The number of nitrogens with one attached hydrogen (secondary N) is 1. The average Bonchev–Trinajstić information content (AvgIpc) is 3.37. The first-order valence-corrected chi connectivity index (χ1v) is 10.5. The summed E-state index contributed by atoms with van der Waals surface area (Å²) in [5, 5.41) is 7.21. The quantitative estimate of drug-likeness (QED) is 0.618. The summed E-state index contributed by atoms with van der Waals surface area (Å²) >= 11 is 0. The van der Waals surface area contributed by atoms with E-state index in [-0.39, 0.29) is 17.8 Å². The van der Waals surface area contributed by atoms with Gasteiger partial charge in [-0.1, -0.05) is 0 Å². The molecular weight excluding hydrogens is 385 g/mol. The lowest BCUT2D eigenvalue weighted by atomic mass is 10.0. The Morgan fingerprint density at radius 3 is 3.07 bits per heavy atom. The summed E-state index contributed by atoms with van der Waals surface area (Å²) in [7, 11) is 0. The molecule has 2 bridgehead atoms. The summed E-state index contributed by atoms with van der Waals surface area (Å²) in [4.78, 5) is 19.6. The smallest absolute Gasteiger partial charge is 0.256 e. The lowest BCUT2D eigenvalue weighted by Crippen LogP contribution is -2.32. The molecule has 0 aliphatic carbocycles. The van der Waals surface area contributed by atoms with E-state index < -0.39 is 0 Å². The molecule has 1 atom stereocenters. The third-order valence-corrected chi connectivity index (χ3v) is 5.86. The molecule has 1 aromatic carbocycles. The van der Waals surface area contributed by atoms with E-state index in [1.54, 1.807) is 22.8 Å². The third kappa shape index (κ3) is 3.58. The van der Waals surface area contributed by atoms with E-state index in [4.69, 9.17) is 9.72 Å².